The number of epoxide rings is 1. The van der Waals surface area contributed by atoms with Crippen molar-refractivity contribution in [2.75, 3.05) is 19.8 Å². The van der Waals surface area contributed by atoms with Crippen LogP contribution in [-0.2, 0) is 9.47 Å². The fraction of sp³-hybridized carbons (Fsp3) is 0.333. The second-order valence-electron chi connectivity index (χ2n) is 5.52. The maximum absolute atomic E-state index is 5.67. The van der Waals surface area contributed by atoms with Gasteiger partial charge in [0.2, 0.25) is 6.29 Å². The molecule has 0 radical (unpaired) electrons. The van der Waals surface area contributed by atoms with Gasteiger partial charge in [0.15, 0.2) is 0 Å². The molecule has 0 spiro atoms. The molecule has 4 nitrogen and oxygen atoms in total. The molecular formula is C18H18O4. The molecule has 2 saturated heterocycles. The van der Waals surface area contributed by atoms with Crippen molar-refractivity contribution in [1.29, 1.82) is 0 Å². The zero-order valence-corrected chi connectivity index (χ0v) is 12.2. The minimum atomic E-state index is -0.0715. The second-order valence-corrected chi connectivity index (χ2v) is 5.52. The van der Waals surface area contributed by atoms with E-state index in [2.05, 4.69) is 24.3 Å². The molecule has 0 aromatic heterocycles. The van der Waals surface area contributed by atoms with Gasteiger partial charge in [-0.2, -0.15) is 0 Å². The third-order valence-corrected chi connectivity index (χ3v) is 3.81. The predicted octanol–water partition coefficient (Wildman–Crippen LogP) is 3.26. The first-order valence-electron chi connectivity index (χ1n) is 7.60. The number of rotatable bonds is 6. The molecule has 4 rings (SSSR count). The molecule has 22 heavy (non-hydrogen) atoms. The van der Waals surface area contributed by atoms with Gasteiger partial charge < -0.3 is 18.9 Å². The zero-order chi connectivity index (χ0) is 14.8. The summed E-state index contributed by atoms with van der Waals surface area (Å²) in [6, 6.07) is 16.2. The van der Waals surface area contributed by atoms with Crippen LogP contribution >= 0.6 is 0 Å². The Morgan fingerprint density at radius 3 is 1.95 bits per heavy atom. The SMILES string of the molecule is c1cc(-c2ccc(O[C@H]3CCO3)cc2)ccc1OCC1CO1. The van der Waals surface area contributed by atoms with Crippen LogP contribution in [0.5, 0.6) is 11.5 Å². The summed E-state index contributed by atoms with van der Waals surface area (Å²) in [5, 5.41) is 0. The Kier molecular flexibility index (Phi) is 3.70. The van der Waals surface area contributed by atoms with Gasteiger partial charge in [-0.25, -0.2) is 0 Å². The largest absolute Gasteiger partial charge is 0.491 e. The van der Waals surface area contributed by atoms with Gasteiger partial charge in [0.25, 0.3) is 0 Å². The molecule has 0 saturated carbocycles. The summed E-state index contributed by atoms with van der Waals surface area (Å²) >= 11 is 0. The van der Waals surface area contributed by atoms with E-state index in [-0.39, 0.29) is 12.4 Å². The highest BCUT2D eigenvalue weighted by Gasteiger charge is 2.23. The van der Waals surface area contributed by atoms with E-state index in [0.717, 1.165) is 42.3 Å². The van der Waals surface area contributed by atoms with E-state index in [1.165, 1.54) is 0 Å². The van der Waals surface area contributed by atoms with Crippen molar-refractivity contribution in [3.63, 3.8) is 0 Å². The molecule has 0 aliphatic carbocycles. The van der Waals surface area contributed by atoms with Crippen LogP contribution in [0.25, 0.3) is 11.1 Å². The van der Waals surface area contributed by atoms with E-state index < -0.39 is 0 Å². The average molecular weight is 298 g/mol. The molecule has 1 unspecified atom stereocenters. The van der Waals surface area contributed by atoms with E-state index in [9.17, 15) is 0 Å². The van der Waals surface area contributed by atoms with Crippen molar-refractivity contribution in [2.24, 2.45) is 0 Å². The van der Waals surface area contributed by atoms with Gasteiger partial charge in [0.1, 0.15) is 24.2 Å². The van der Waals surface area contributed by atoms with Gasteiger partial charge in [-0.05, 0) is 35.4 Å². The quantitative estimate of drug-likeness (QED) is 0.768. The van der Waals surface area contributed by atoms with Gasteiger partial charge in [-0.3, -0.25) is 0 Å². The smallest absolute Gasteiger partial charge is 0.202 e. The highest BCUT2D eigenvalue weighted by atomic mass is 16.7. The Bertz CT molecular complexity index is 613. The topological polar surface area (TPSA) is 40.2 Å². The Balaban J connectivity index is 1.39. The van der Waals surface area contributed by atoms with Crippen LogP contribution < -0.4 is 9.47 Å². The molecule has 2 aromatic rings. The van der Waals surface area contributed by atoms with Crippen LogP contribution in [0.3, 0.4) is 0 Å². The summed E-state index contributed by atoms with van der Waals surface area (Å²) in [6.45, 7) is 2.25. The van der Waals surface area contributed by atoms with E-state index >= 15 is 0 Å². The minimum Gasteiger partial charge on any atom is -0.491 e. The molecule has 2 aromatic carbocycles. The van der Waals surface area contributed by atoms with Crippen LogP contribution in [0, 0.1) is 0 Å². The lowest BCUT2D eigenvalue weighted by Crippen LogP contribution is -2.32. The van der Waals surface area contributed by atoms with Gasteiger partial charge in [0.05, 0.1) is 13.2 Å². The Morgan fingerprint density at radius 2 is 1.45 bits per heavy atom. The summed E-state index contributed by atoms with van der Waals surface area (Å²) in [7, 11) is 0. The van der Waals surface area contributed by atoms with Crippen LogP contribution in [0.1, 0.15) is 6.42 Å². The van der Waals surface area contributed by atoms with Gasteiger partial charge in [-0.1, -0.05) is 24.3 Å². The fourth-order valence-electron chi connectivity index (χ4n) is 2.28. The molecule has 2 aliphatic rings. The van der Waals surface area contributed by atoms with Crippen LogP contribution in [0.4, 0.5) is 0 Å². The summed E-state index contributed by atoms with van der Waals surface area (Å²) in [4.78, 5) is 0. The van der Waals surface area contributed by atoms with Crippen molar-refractivity contribution in [1.82, 2.24) is 0 Å². The number of ether oxygens (including phenoxy) is 4. The lowest BCUT2D eigenvalue weighted by Gasteiger charge is -2.26. The monoisotopic (exact) mass is 298 g/mol. The Labute approximate surface area is 129 Å². The summed E-state index contributed by atoms with van der Waals surface area (Å²) in [5.74, 6) is 1.72. The van der Waals surface area contributed by atoms with E-state index in [4.69, 9.17) is 18.9 Å². The normalized spacial score (nSPS) is 22.7. The number of hydrogen-bond donors (Lipinski definition) is 0. The standard InChI is InChI=1S/C18H18O4/c1-5-15(20-11-17-12-21-17)6-2-13(1)14-3-7-16(8-4-14)22-18-9-10-19-18/h1-8,17-18H,9-12H2/t17?,18-/m0/s1. The fourth-order valence-corrected chi connectivity index (χ4v) is 2.28. The Morgan fingerprint density at radius 1 is 0.864 bits per heavy atom. The van der Waals surface area contributed by atoms with Crippen LogP contribution in [-0.4, -0.2) is 32.2 Å². The summed E-state index contributed by atoms with van der Waals surface area (Å²) in [5.41, 5.74) is 2.31. The van der Waals surface area contributed by atoms with Crippen molar-refractivity contribution in [3.05, 3.63) is 48.5 Å². The highest BCUT2D eigenvalue weighted by Crippen LogP contribution is 2.26. The van der Waals surface area contributed by atoms with Crippen molar-refractivity contribution in [3.8, 4) is 22.6 Å². The maximum Gasteiger partial charge on any atom is 0.202 e. The van der Waals surface area contributed by atoms with Gasteiger partial charge >= 0.3 is 0 Å². The van der Waals surface area contributed by atoms with Crippen LogP contribution in [0.15, 0.2) is 48.5 Å². The van der Waals surface area contributed by atoms with Crippen molar-refractivity contribution < 1.29 is 18.9 Å². The molecule has 2 aliphatic heterocycles. The second kappa shape index (κ2) is 5.99. The van der Waals surface area contributed by atoms with Gasteiger partial charge in [0, 0.05) is 6.42 Å². The van der Waals surface area contributed by atoms with E-state index in [1.807, 2.05) is 24.3 Å². The zero-order valence-electron chi connectivity index (χ0n) is 12.2. The minimum absolute atomic E-state index is 0.0715. The molecule has 2 fully saturated rings. The molecule has 0 amide bonds. The highest BCUT2D eigenvalue weighted by molar-refractivity contribution is 5.64. The van der Waals surface area contributed by atoms with Gasteiger partial charge in [-0.15, -0.1) is 0 Å². The summed E-state index contributed by atoms with van der Waals surface area (Å²) < 4.78 is 21.7. The third kappa shape index (κ3) is 3.24. The molecule has 0 bridgehead atoms. The number of benzene rings is 2. The van der Waals surface area contributed by atoms with E-state index in [0.29, 0.717) is 6.61 Å². The number of hydrogen-bond acceptors (Lipinski definition) is 4. The molecule has 2 heterocycles. The lowest BCUT2D eigenvalue weighted by molar-refractivity contribution is -0.165. The predicted molar refractivity (Wildman–Crippen MR) is 82.1 cm³/mol. The third-order valence-electron chi connectivity index (χ3n) is 3.81. The average Bonchev–Trinajstić information content (AvgIpc) is 3.34. The van der Waals surface area contributed by atoms with Crippen molar-refractivity contribution >= 4 is 0 Å². The first-order chi connectivity index (χ1) is 10.9. The summed E-state index contributed by atoms with van der Waals surface area (Å²) in [6.07, 6.45) is 1.18. The maximum atomic E-state index is 5.67. The molecule has 0 N–H and O–H groups in total. The first kappa shape index (κ1) is 13.6. The van der Waals surface area contributed by atoms with Crippen molar-refractivity contribution in [2.45, 2.75) is 18.8 Å². The first-order valence-corrected chi connectivity index (χ1v) is 7.60. The van der Waals surface area contributed by atoms with Crippen LogP contribution in [0.2, 0.25) is 0 Å². The molecular weight excluding hydrogens is 280 g/mol. The lowest BCUT2D eigenvalue weighted by atomic mass is 10.1. The molecule has 2 atom stereocenters. The molecule has 4 heteroatoms. The molecule has 114 valence electrons. The Hall–Kier alpha value is -2.04. The van der Waals surface area contributed by atoms with E-state index in [1.54, 1.807) is 0 Å².